The summed E-state index contributed by atoms with van der Waals surface area (Å²) in [6.45, 7) is 1.22. The smallest absolute Gasteiger partial charge is 0.287 e. The van der Waals surface area contributed by atoms with Gasteiger partial charge in [-0.2, -0.15) is 0 Å². The lowest BCUT2D eigenvalue weighted by molar-refractivity contribution is 0.0836. The van der Waals surface area contributed by atoms with E-state index in [2.05, 4.69) is 5.32 Å². The average molecular weight is 289 g/mol. The number of ether oxygens (including phenoxy) is 1. The number of rotatable bonds is 4. The normalized spacial score (nSPS) is 17.9. The van der Waals surface area contributed by atoms with Gasteiger partial charge in [-0.05, 0) is 37.1 Å². The molecule has 1 amide bonds. The third-order valence-electron chi connectivity index (χ3n) is 3.48. The van der Waals surface area contributed by atoms with Gasteiger partial charge in [-0.25, -0.2) is 4.39 Å². The van der Waals surface area contributed by atoms with Crippen LogP contribution in [0, 0.1) is 5.82 Å². The number of carbonyl (C=O) groups is 1. The van der Waals surface area contributed by atoms with Crippen molar-refractivity contribution in [3.63, 3.8) is 0 Å². The average Bonchev–Trinajstić information content (AvgIpc) is 3.17. The minimum absolute atomic E-state index is 0.0787. The van der Waals surface area contributed by atoms with E-state index in [1.165, 1.54) is 6.07 Å². The van der Waals surface area contributed by atoms with Gasteiger partial charge in [0.05, 0.1) is 11.7 Å². The standard InChI is InChI=1S/C16H16FNO3/c17-13-6-2-1-5-12(13)14-7-8-15(21-14)16(19)18-10-11-4-3-9-20-11/h1-2,5-8,11H,3-4,9-10H2,(H,18,19). The molecule has 1 aliphatic rings. The molecule has 110 valence electrons. The molecule has 1 saturated heterocycles. The molecular weight excluding hydrogens is 273 g/mol. The first kappa shape index (κ1) is 13.8. The van der Waals surface area contributed by atoms with Crippen molar-refractivity contribution < 1.29 is 18.3 Å². The summed E-state index contributed by atoms with van der Waals surface area (Å²) >= 11 is 0. The highest BCUT2D eigenvalue weighted by Gasteiger charge is 2.18. The summed E-state index contributed by atoms with van der Waals surface area (Å²) in [5.74, 6) is -0.173. The molecule has 1 fully saturated rings. The lowest BCUT2D eigenvalue weighted by Crippen LogP contribution is -2.31. The summed E-state index contributed by atoms with van der Waals surface area (Å²) in [5.41, 5.74) is 0.343. The Hall–Kier alpha value is -2.14. The second kappa shape index (κ2) is 6.10. The molecule has 1 aromatic carbocycles. The van der Waals surface area contributed by atoms with Crippen molar-refractivity contribution in [3.05, 3.63) is 48.0 Å². The fraction of sp³-hybridized carbons (Fsp3) is 0.312. The molecule has 1 atom stereocenters. The van der Waals surface area contributed by atoms with Crippen LogP contribution < -0.4 is 5.32 Å². The Bertz CT molecular complexity index is 632. The van der Waals surface area contributed by atoms with Crippen molar-refractivity contribution in [1.82, 2.24) is 5.32 Å². The maximum Gasteiger partial charge on any atom is 0.287 e. The summed E-state index contributed by atoms with van der Waals surface area (Å²) in [5, 5.41) is 2.77. The number of hydrogen-bond acceptors (Lipinski definition) is 3. The SMILES string of the molecule is O=C(NCC1CCCO1)c1ccc(-c2ccccc2F)o1. The Morgan fingerprint density at radius 2 is 2.14 bits per heavy atom. The zero-order valence-corrected chi connectivity index (χ0v) is 11.5. The molecule has 0 bridgehead atoms. The van der Waals surface area contributed by atoms with Gasteiger partial charge in [0.2, 0.25) is 0 Å². The number of halogens is 1. The van der Waals surface area contributed by atoms with Crippen LogP contribution in [0.25, 0.3) is 11.3 Å². The fourth-order valence-corrected chi connectivity index (χ4v) is 2.36. The van der Waals surface area contributed by atoms with E-state index in [0.717, 1.165) is 19.4 Å². The van der Waals surface area contributed by atoms with Gasteiger partial charge in [-0.1, -0.05) is 12.1 Å². The topological polar surface area (TPSA) is 51.5 Å². The van der Waals surface area contributed by atoms with E-state index < -0.39 is 0 Å². The highest BCUT2D eigenvalue weighted by Crippen LogP contribution is 2.24. The van der Waals surface area contributed by atoms with Crippen LogP contribution in [0.15, 0.2) is 40.8 Å². The summed E-state index contributed by atoms with van der Waals surface area (Å²) in [6, 6.07) is 9.44. The number of hydrogen-bond donors (Lipinski definition) is 1. The van der Waals surface area contributed by atoms with Crippen molar-refractivity contribution in [1.29, 1.82) is 0 Å². The zero-order valence-electron chi connectivity index (χ0n) is 11.5. The van der Waals surface area contributed by atoms with E-state index >= 15 is 0 Å². The first-order chi connectivity index (χ1) is 10.2. The van der Waals surface area contributed by atoms with Crippen molar-refractivity contribution in [3.8, 4) is 11.3 Å². The number of carbonyl (C=O) groups excluding carboxylic acids is 1. The molecule has 3 rings (SSSR count). The van der Waals surface area contributed by atoms with E-state index in [1.807, 2.05) is 0 Å². The van der Waals surface area contributed by atoms with Gasteiger partial charge < -0.3 is 14.5 Å². The Kier molecular flexibility index (Phi) is 4.01. The molecule has 5 heteroatoms. The van der Waals surface area contributed by atoms with Gasteiger partial charge in [0, 0.05) is 13.2 Å². The third kappa shape index (κ3) is 3.13. The van der Waals surface area contributed by atoms with Crippen LogP contribution in [0.1, 0.15) is 23.4 Å². The molecule has 1 N–H and O–H groups in total. The molecule has 4 nitrogen and oxygen atoms in total. The van der Waals surface area contributed by atoms with Crippen molar-refractivity contribution in [2.45, 2.75) is 18.9 Å². The molecule has 0 saturated carbocycles. The van der Waals surface area contributed by atoms with Crippen LogP contribution in [0.5, 0.6) is 0 Å². The van der Waals surface area contributed by atoms with E-state index in [9.17, 15) is 9.18 Å². The van der Waals surface area contributed by atoms with Gasteiger partial charge in [0.25, 0.3) is 5.91 Å². The van der Waals surface area contributed by atoms with Crippen LogP contribution in [0.3, 0.4) is 0 Å². The Morgan fingerprint density at radius 3 is 2.90 bits per heavy atom. The van der Waals surface area contributed by atoms with Crippen LogP contribution in [0.2, 0.25) is 0 Å². The van der Waals surface area contributed by atoms with E-state index in [1.54, 1.807) is 30.3 Å². The lowest BCUT2D eigenvalue weighted by atomic mass is 10.1. The lowest BCUT2D eigenvalue weighted by Gasteiger charge is -2.09. The molecule has 0 aliphatic carbocycles. The number of amides is 1. The third-order valence-corrected chi connectivity index (χ3v) is 3.48. The molecule has 1 aliphatic heterocycles. The van der Waals surface area contributed by atoms with Gasteiger partial charge in [0.1, 0.15) is 11.6 Å². The summed E-state index contributed by atoms with van der Waals surface area (Å²) in [6.07, 6.45) is 2.06. The van der Waals surface area contributed by atoms with Crippen molar-refractivity contribution in [2.75, 3.05) is 13.2 Å². The highest BCUT2D eigenvalue weighted by atomic mass is 19.1. The molecule has 21 heavy (non-hydrogen) atoms. The summed E-state index contributed by atoms with van der Waals surface area (Å²) in [7, 11) is 0. The van der Waals surface area contributed by atoms with E-state index in [0.29, 0.717) is 17.9 Å². The molecule has 0 spiro atoms. The predicted molar refractivity (Wildman–Crippen MR) is 75.4 cm³/mol. The van der Waals surface area contributed by atoms with E-state index in [-0.39, 0.29) is 23.6 Å². The van der Waals surface area contributed by atoms with Crippen molar-refractivity contribution in [2.24, 2.45) is 0 Å². The fourth-order valence-electron chi connectivity index (χ4n) is 2.36. The second-order valence-corrected chi connectivity index (χ2v) is 4.99. The van der Waals surface area contributed by atoms with Crippen molar-refractivity contribution >= 4 is 5.91 Å². The Morgan fingerprint density at radius 1 is 1.29 bits per heavy atom. The molecule has 1 unspecified atom stereocenters. The number of furan rings is 1. The minimum atomic E-state index is -0.377. The molecule has 2 heterocycles. The molecule has 1 aromatic heterocycles. The van der Waals surface area contributed by atoms with Crippen LogP contribution >= 0.6 is 0 Å². The predicted octanol–water partition coefficient (Wildman–Crippen LogP) is 2.99. The van der Waals surface area contributed by atoms with Crippen LogP contribution in [-0.2, 0) is 4.74 Å². The first-order valence-corrected chi connectivity index (χ1v) is 6.98. The van der Waals surface area contributed by atoms with Gasteiger partial charge in [0.15, 0.2) is 5.76 Å². The molecule has 0 radical (unpaired) electrons. The largest absolute Gasteiger partial charge is 0.451 e. The number of benzene rings is 1. The Labute approximate surface area is 121 Å². The molecular formula is C16H16FNO3. The summed E-state index contributed by atoms with van der Waals surface area (Å²) < 4.78 is 24.5. The second-order valence-electron chi connectivity index (χ2n) is 4.99. The number of nitrogens with one attached hydrogen (secondary N) is 1. The zero-order chi connectivity index (χ0) is 14.7. The van der Waals surface area contributed by atoms with Gasteiger partial charge in [-0.15, -0.1) is 0 Å². The first-order valence-electron chi connectivity index (χ1n) is 6.98. The monoisotopic (exact) mass is 289 g/mol. The molecule has 2 aromatic rings. The van der Waals surface area contributed by atoms with Gasteiger partial charge >= 0.3 is 0 Å². The van der Waals surface area contributed by atoms with Crippen LogP contribution in [0.4, 0.5) is 4.39 Å². The minimum Gasteiger partial charge on any atom is -0.451 e. The van der Waals surface area contributed by atoms with Gasteiger partial charge in [-0.3, -0.25) is 4.79 Å². The highest BCUT2D eigenvalue weighted by molar-refractivity contribution is 5.92. The van der Waals surface area contributed by atoms with Crippen LogP contribution in [-0.4, -0.2) is 25.2 Å². The quantitative estimate of drug-likeness (QED) is 0.941. The maximum atomic E-state index is 13.7. The summed E-state index contributed by atoms with van der Waals surface area (Å²) in [4.78, 5) is 12.0. The van der Waals surface area contributed by atoms with E-state index in [4.69, 9.17) is 9.15 Å². The Balaban J connectivity index is 1.66. The maximum absolute atomic E-state index is 13.7.